The molecule has 0 saturated heterocycles. The van der Waals surface area contributed by atoms with Gasteiger partial charge >= 0.3 is 11.9 Å². The maximum absolute atomic E-state index is 12.7. The average molecular weight is 467 g/mol. The van der Waals surface area contributed by atoms with Crippen LogP contribution in [0.5, 0.6) is 0 Å². The summed E-state index contributed by atoms with van der Waals surface area (Å²) in [5, 5.41) is 5.95. The van der Waals surface area contributed by atoms with Gasteiger partial charge in [0.25, 0.3) is 5.91 Å². The SMILES string of the molecule is CCOC(=O)c1c(NC(=O)C(C)OC(=O)CCCCCNC(C)=O)sc2c1CCC(C)C2. The number of fused-ring (bicyclic) bond motifs is 1. The van der Waals surface area contributed by atoms with Crippen molar-refractivity contribution in [2.24, 2.45) is 5.92 Å². The van der Waals surface area contributed by atoms with Gasteiger partial charge in [0.05, 0.1) is 12.2 Å². The number of hydrogen-bond acceptors (Lipinski definition) is 7. The van der Waals surface area contributed by atoms with Crippen molar-refractivity contribution in [1.29, 1.82) is 0 Å². The van der Waals surface area contributed by atoms with Crippen LogP contribution in [0.3, 0.4) is 0 Å². The van der Waals surface area contributed by atoms with E-state index in [1.165, 1.54) is 25.2 Å². The highest BCUT2D eigenvalue weighted by Gasteiger charge is 2.30. The molecule has 0 spiro atoms. The average Bonchev–Trinajstić information content (AvgIpc) is 3.07. The fraction of sp³-hybridized carbons (Fsp3) is 0.652. The number of nitrogens with one attached hydrogen (secondary N) is 2. The molecule has 0 radical (unpaired) electrons. The summed E-state index contributed by atoms with van der Waals surface area (Å²) >= 11 is 1.40. The van der Waals surface area contributed by atoms with Crippen LogP contribution in [0.15, 0.2) is 0 Å². The summed E-state index contributed by atoms with van der Waals surface area (Å²) < 4.78 is 10.5. The molecule has 0 aromatic carbocycles. The first kappa shape index (κ1) is 25.8. The molecule has 2 atom stereocenters. The molecule has 178 valence electrons. The van der Waals surface area contributed by atoms with Gasteiger partial charge in [-0.25, -0.2) is 4.79 Å². The van der Waals surface area contributed by atoms with E-state index in [1.54, 1.807) is 6.92 Å². The van der Waals surface area contributed by atoms with Crippen LogP contribution in [0.2, 0.25) is 0 Å². The molecule has 1 aromatic rings. The maximum atomic E-state index is 12.7. The van der Waals surface area contributed by atoms with Crippen LogP contribution in [-0.2, 0) is 36.7 Å². The lowest BCUT2D eigenvalue weighted by Gasteiger charge is -2.18. The summed E-state index contributed by atoms with van der Waals surface area (Å²) in [6, 6.07) is 0. The lowest BCUT2D eigenvalue weighted by molar-refractivity contribution is -0.153. The number of esters is 2. The summed E-state index contributed by atoms with van der Waals surface area (Å²) in [6.07, 6.45) is 4.04. The lowest BCUT2D eigenvalue weighted by atomic mass is 9.88. The Balaban J connectivity index is 1.91. The molecule has 0 bridgehead atoms. The first-order chi connectivity index (χ1) is 15.2. The van der Waals surface area contributed by atoms with Crippen molar-refractivity contribution in [1.82, 2.24) is 5.32 Å². The lowest BCUT2D eigenvalue weighted by Crippen LogP contribution is -2.30. The van der Waals surface area contributed by atoms with Crippen LogP contribution < -0.4 is 10.6 Å². The Kier molecular flexibility index (Phi) is 10.2. The third-order valence-electron chi connectivity index (χ3n) is 5.34. The van der Waals surface area contributed by atoms with Crippen LogP contribution >= 0.6 is 11.3 Å². The molecule has 2 amide bonds. The molecule has 2 rings (SSSR count). The van der Waals surface area contributed by atoms with Crippen molar-refractivity contribution in [2.45, 2.75) is 78.7 Å². The number of ether oxygens (including phenoxy) is 2. The predicted octanol–water partition coefficient (Wildman–Crippen LogP) is 3.62. The van der Waals surface area contributed by atoms with Gasteiger partial charge in [0, 0.05) is 24.8 Å². The molecule has 2 N–H and O–H groups in total. The summed E-state index contributed by atoms with van der Waals surface area (Å²) in [7, 11) is 0. The molecule has 1 aromatic heterocycles. The van der Waals surface area contributed by atoms with Crippen molar-refractivity contribution in [3.63, 3.8) is 0 Å². The van der Waals surface area contributed by atoms with Crippen molar-refractivity contribution in [3.05, 3.63) is 16.0 Å². The normalized spacial score (nSPS) is 15.9. The zero-order valence-electron chi connectivity index (χ0n) is 19.4. The Labute approximate surface area is 193 Å². The van der Waals surface area contributed by atoms with Crippen molar-refractivity contribution in [3.8, 4) is 0 Å². The topological polar surface area (TPSA) is 111 Å². The van der Waals surface area contributed by atoms with E-state index in [0.29, 0.717) is 29.4 Å². The summed E-state index contributed by atoms with van der Waals surface area (Å²) in [5.74, 6) is -0.897. The van der Waals surface area contributed by atoms with Crippen LogP contribution in [0.25, 0.3) is 0 Å². The number of unbranched alkanes of at least 4 members (excludes halogenated alkanes) is 2. The highest BCUT2D eigenvalue weighted by Crippen LogP contribution is 2.40. The molecule has 1 aliphatic carbocycles. The zero-order valence-corrected chi connectivity index (χ0v) is 20.2. The van der Waals surface area contributed by atoms with Gasteiger partial charge in [-0.15, -0.1) is 11.3 Å². The van der Waals surface area contributed by atoms with E-state index in [0.717, 1.165) is 42.5 Å². The minimum atomic E-state index is -0.977. The van der Waals surface area contributed by atoms with Crippen LogP contribution in [0, 0.1) is 5.92 Å². The first-order valence-corrected chi connectivity index (χ1v) is 12.1. The van der Waals surface area contributed by atoms with E-state index >= 15 is 0 Å². The van der Waals surface area contributed by atoms with E-state index in [2.05, 4.69) is 17.6 Å². The molecule has 32 heavy (non-hydrogen) atoms. The smallest absolute Gasteiger partial charge is 0.341 e. The van der Waals surface area contributed by atoms with Crippen LogP contribution in [-0.4, -0.2) is 43.0 Å². The number of amides is 2. The predicted molar refractivity (Wildman–Crippen MR) is 123 cm³/mol. The third-order valence-corrected chi connectivity index (χ3v) is 6.51. The Bertz CT molecular complexity index is 835. The second kappa shape index (κ2) is 12.6. The Hall–Kier alpha value is -2.42. The van der Waals surface area contributed by atoms with E-state index in [1.807, 2.05) is 0 Å². The molecule has 8 nitrogen and oxygen atoms in total. The van der Waals surface area contributed by atoms with E-state index in [9.17, 15) is 19.2 Å². The summed E-state index contributed by atoms with van der Waals surface area (Å²) in [6.45, 7) is 7.74. The monoisotopic (exact) mass is 466 g/mol. The van der Waals surface area contributed by atoms with Gasteiger partial charge in [0.2, 0.25) is 5.91 Å². The van der Waals surface area contributed by atoms with Crippen LogP contribution in [0.1, 0.15) is 80.6 Å². The molecule has 1 heterocycles. The van der Waals surface area contributed by atoms with E-state index in [4.69, 9.17) is 9.47 Å². The largest absolute Gasteiger partial charge is 0.462 e. The molecular formula is C23H34N2O6S. The van der Waals surface area contributed by atoms with Gasteiger partial charge in [-0.2, -0.15) is 0 Å². The molecular weight excluding hydrogens is 432 g/mol. The molecule has 0 fully saturated rings. The Morgan fingerprint density at radius 2 is 1.94 bits per heavy atom. The number of hydrogen-bond donors (Lipinski definition) is 2. The highest BCUT2D eigenvalue weighted by molar-refractivity contribution is 7.17. The summed E-state index contributed by atoms with van der Waals surface area (Å²) in [5.41, 5.74) is 1.40. The third kappa shape index (κ3) is 7.62. The fourth-order valence-electron chi connectivity index (χ4n) is 3.62. The van der Waals surface area contributed by atoms with E-state index in [-0.39, 0.29) is 18.9 Å². The minimum Gasteiger partial charge on any atom is -0.462 e. The van der Waals surface area contributed by atoms with Gasteiger partial charge in [0.1, 0.15) is 5.00 Å². The number of rotatable bonds is 11. The van der Waals surface area contributed by atoms with Crippen molar-refractivity contribution < 1.29 is 28.7 Å². The number of anilines is 1. The van der Waals surface area contributed by atoms with Crippen molar-refractivity contribution >= 4 is 40.1 Å². The second-order valence-electron chi connectivity index (χ2n) is 8.19. The Morgan fingerprint density at radius 3 is 2.62 bits per heavy atom. The van der Waals surface area contributed by atoms with Crippen molar-refractivity contribution in [2.75, 3.05) is 18.5 Å². The zero-order chi connectivity index (χ0) is 23.7. The molecule has 2 unspecified atom stereocenters. The highest BCUT2D eigenvalue weighted by atomic mass is 32.1. The van der Waals surface area contributed by atoms with Gasteiger partial charge in [-0.3, -0.25) is 14.4 Å². The maximum Gasteiger partial charge on any atom is 0.341 e. The molecule has 0 aliphatic heterocycles. The standard InChI is InChI=1S/C23H34N2O6S/c1-5-30-23(29)20-17-11-10-14(2)13-18(17)32-22(20)25-21(28)15(3)31-19(27)9-7-6-8-12-24-16(4)26/h14-15H,5-13H2,1-4H3,(H,24,26)(H,25,28). The van der Waals surface area contributed by atoms with Crippen LogP contribution in [0.4, 0.5) is 5.00 Å². The van der Waals surface area contributed by atoms with Gasteiger partial charge in [-0.05, 0) is 57.4 Å². The molecule has 9 heteroatoms. The number of carbonyl (C=O) groups is 4. The van der Waals surface area contributed by atoms with Gasteiger partial charge in [-0.1, -0.05) is 13.3 Å². The fourth-order valence-corrected chi connectivity index (χ4v) is 5.02. The first-order valence-electron chi connectivity index (χ1n) is 11.3. The minimum absolute atomic E-state index is 0.0727. The molecule has 0 saturated carbocycles. The van der Waals surface area contributed by atoms with Gasteiger partial charge < -0.3 is 20.1 Å². The number of carbonyl (C=O) groups excluding carboxylic acids is 4. The summed E-state index contributed by atoms with van der Waals surface area (Å²) in [4.78, 5) is 49.2. The Morgan fingerprint density at radius 1 is 1.19 bits per heavy atom. The quantitative estimate of drug-likeness (QED) is 0.381. The number of thiophene rings is 1. The van der Waals surface area contributed by atoms with E-state index < -0.39 is 23.9 Å². The van der Waals surface area contributed by atoms with Gasteiger partial charge in [0.15, 0.2) is 6.10 Å². The molecule has 1 aliphatic rings. The second-order valence-corrected chi connectivity index (χ2v) is 9.30.